The van der Waals surface area contributed by atoms with Gasteiger partial charge in [0.25, 0.3) is 0 Å². The first-order valence-electron chi connectivity index (χ1n) is 9.73. The molecule has 7 nitrogen and oxygen atoms in total. The molecule has 1 aromatic heterocycles. The van der Waals surface area contributed by atoms with Gasteiger partial charge in [-0.05, 0) is 31.9 Å². The molecule has 0 radical (unpaired) electrons. The fourth-order valence-electron chi connectivity index (χ4n) is 2.97. The van der Waals surface area contributed by atoms with Crippen LogP contribution in [0.4, 0.5) is 5.82 Å². The minimum absolute atomic E-state index is 0. The zero-order chi connectivity index (χ0) is 19.9. The standard InChI is InChI=1S/C20H34N6O.HI/c1-15-7-6-8-17(24-15)26-13-9-16(10-14-26)25-19(21-5)23-12-11-22-18(27)20(2,3)4;/h6-8,16H,9-14H2,1-5H3,(H,22,27)(H2,21,23,25);1H. The van der Waals surface area contributed by atoms with E-state index in [0.717, 1.165) is 43.4 Å². The number of aryl methyl sites for hydroxylation is 1. The topological polar surface area (TPSA) is 81.6 Å². The number of nitrogens with one attached hydrogen (secondary N) is 3. The molecule has 0 unspecified atom stereocenters. The quantitative estimate of drug-likeness (QED) is 0.249. The van der Waals surface area contributed by atoms with Crippen molar-refractivity contribution in [3.8, 4) is 0 Å². The molecule has 0 spiro atoms. The van der Waals surface area contributed by atoms with Crippen LogP contribution < -0.4 is 20.9 Å². The van der Waals surface area contributed by atoms with Crippen molar-refractivity contribution in [2.75, 3.05) is 38.1 Å². The number of anilines is 1. The van der Waals surface area contributed by atoms with Crippen molar-refractivity contribution < 1.29 is 4.79 Å². The number of carbonyl (C=O) groups excluding carboxylic acids is 1. The number of guanidine groups is 1. The predicted molar refractivity (Wildman–Crippen MR) is 127 cm³/mol. The van der Waals surface area contributed by atoms with Gasteiger partial charge in [-0.3, -0.25) is 9.79 Å². The molecule has 1 aromatic rings. The van der Waals surface area contributed by atoms with E-state index < -0.39 is 0 Å². The van der Waals surface area contributed by atoms with Crippen LogP contribution >= 0.6 is 24.0 Å². The zero-order valence-electron chi connectivity index (χ0n) is 17.7. The third-order valence-corrected chi connectivity index (χ3v) is 4.64. The van der Waals surface area contributed by atoms with Crippen molar-refractivity contribution >= 4 is 41.7 Å². The first-order chi connectivity index (χ1) is 12.8. The summed E-state index contributed by atoms with van der Waals surface area (Å²) in [5.74, 6) is 1.90. The van der Waals surface area contributed by atoms with Crippen LogP contribution in [0.25, 0.3) is 0 Å². The van der Waals surface area contributed by atoms with E-state index in [4.69, 9.17) is 0 Å². The molecule has 1 aliphatic heterocycles. The van der Waals surface area contributed by atoms with Gasteiger partial charge in [-0.1, -0.05) is 26.8 Å². The lowest BCUT2D eigenvalue weighted by molar-refractivity contribution is -0.128. The SMILES string of the molecule is CN=C(NCCNC(=O)C(C)(C)C)NC1CCN(c2cccc(C)n2)CC1.I. The minimum atomic E-state index is -0.361. The number of amides is 1. The number of pyridine rings is 1. The average molecular weight is 502 g/mol. The highest BCUT2D eigenvalue weighted by molar-refractivity contribution is 14.0. The number of halogens is 1. The number of piperidine rings is 1. The molecule has 2 heterocycles. The highest BCUT2D eigenvalue weighted by Gasteiger charge is 2.22. The molecule has 1 amide bonds. The van der Waals surface area contributed by atoms with E-state index in [0.29, 0.717) is 19.1 Å². The van der Waals surface area contributed by atoms with Crippen LogP contribution in [-0.4, -0.2) is 56.1 Å². The molecule has 0 bridgehead atoms. The number of hydrogen-bond donors (Lipinski definition) is 3. The van der Waals surface area contributed by atoms with Gasteiger partial charge in [-0.25, -0.2) is 4.98 Å². The molecular formula is C20H35IN6O. The minimum Gasteiger partial charge on any atom is -0.356 e. The van der Waals surface area contributed by atoms with Crippen LogP contribution in [-0.2, 0) is 4.79 Å². The maximum atomic E-state index is 11.9. The maximum absolute atomic E-state index is 11.9. The Labute approximate surface area is 186 Å². The van der Waals surface area contributed by atoms with Crippen molar-refractivity contribution in [1.29, 1.82) is 0 Å². The molecule has 1 fully saturated rings. The second-order valence-electron chi connectivity index (χ2n) is 8.05. The number of nitrogens with zero attached hydrogens (tertiary/aromatic N) is 3. The second kappa shape index (κ2) is 11.4. The molecule has 1 saturated heterocycles. The Balaban J connectivity index is 0.00000392. The molecule has 158 valence electrons. The van der Waals surface area contributed by atoms with Crippen molar-refractivity contribution in [2.24, 2.45) is 10.4 Å². The summed E-state index contributed by atoms with van der Waals surface area (Å²) < 4.78 is 0. The Morgan fingerprint density at radius 3 is 2.43 bits per heavy atom. The van der Waals surface area contributed by atoms with Crippen LogP contribution in [0, 0.1) is 12.3 Å². The molecular weight excluding hydrogens is 467 g/mol. The van der Waals surface area contributed by atoms with Gasteiger partial charge >= 0.3 is 0 Å². The van der Waals surface area contributed by atoms with E-state index in [2.05, 4.69) is 43.0 Å². The smallest absolute Gasteiger partial charge is 0.225 e. The summed E-state index contributed by atoms with van der Waals surface area (Å²) in [6.45, 7) is 10.9. The number of hydrogen-bond acceptors (Lipinski definition) is 4. The van der Waals surface area contributed by atoms with Gasteiger partial charge in [0.2, 0.25) is 5.91 Å². The Kier molecular flexibility index (Phi) is 9.98. The summed E-state index contributed by atoms with van der Waals surface area (Å²) >= 11 is 0. The van der Waals surface area contributed by atoms with E-state index in [-0.39, 0.29) is 35.3 Å². The van der Waals surface area contributed by atoms with E-state index in [1.807, 2.05) is 33.8 Å². The highest BCUT2D eigenvalue weighted by Crippen LogP contribution is 2.18. The Morgan fingerprint density at radius 1 is 1.21 bits per heavy atom. The van der Waals surface area contributed by atoms with Crippen molar-refractivity contribution in [3.05, 3.63) is 23.9 Å². The predicted octanol–water partition coefficient (Wildman–Crippen LogP) is 2.30. The lowest BCUT2D eigenvalue weighted by atomic mass is 9.96. The van der Waals surface area contributed by atoms with Crippen LogP contribution in [0.3, 0.4) is 0 Å². The molecule has 0 atom stereocenters. The van der Waals surface area contributed by atoms with Crippen molar-refractivity contribution in [2.45, 2.75) is 46.6 Å². The zero-order valence-corrected chi connectivity index (χ0v) is 20.0. The van der Waals surface area contributed by atoms with Gasteiger partial charge in [-0.2, -0.15) is 0 Å². The normalized spacial score (nSPS) is 15.6. The number of rotatable bonds is 5. The number of aliphatic imine (C=N–C) groups is 1. The molecule has 8 heteroatoms. The number of aromatic nitrogens is 1. The molecule has 0 saturated carbocycles. The van der Waals surface area contributed by atoms with Crippen molar-refractivity contribution in [3.63, 3.8) is 0 Å². The lowest BCUT2D eigenvalue weighted by Crippen LogP contribution is -2.50. The Bertz CT molecular complexity index is 650. The summed E-state index contributed by atoms with van der Waals surface area (Å²) in [6, 6.07) is 6.55. The van der Waals surface area contributed by atoms with E-state index >= 15 is 0 Å². The second-order valence-corrected chi connectivity index (χ2v) is 8.05. The van der Waals surface area contributed by atoms with Gasteiger partial charge in [0, 0.05) is 50.4 Å². The van der Waals surface area contributed by atoms with Gasteiger partial charge in [0.15, 0.2) is 5.96 Å². The van der Waals surface area contributed by atoms with Crippen LogP contribution in [0.5, 0.6) is 0 Å². The van der Waals surface area contributed by atoms with Gasteiger partial charge < -0.3 is 20.9 Å². The molecule has 0 aromatic carbocycles. The highest BCUT2D eigenvalue weighted by atomic mass is 127. The van der Waals surface area contributed by atoms with Crippen LogP contribution in [0.1, 0.15) is 39.3 Å². The van der Waals surface area contributed by atoms with Crippen LogP contribution in [0.15, 0.2) is 23.2 Å². The summed E-state index contributed by atoms with van der Waals surface area (Å²) in [7, 11) is 1.77. The summed E-state index contributed by atoms with van der Waals surface area (Å²) in [4.78, 5) is 23.1. The van der Waals surface area contributed by atoms with E-state index in [1.54, 1.807) is 7.05 Å². The average Bonchev–Trinajstić information content (AvgIpc) is 2.63. The molecule has 28 heavy (non-hydrogen) atoms. The largest absolute Gasteiger partial charge is 0.356 e. The summed E-state index contributed by atoms with van der Waals surface area (Å²) in [5.41, 5.74) is 0.691. The maximum Gasteiger partial charge on any atom is 0.225 e. The molecule has 3 N–H and O–H groups in total. The van der Waals surface area contributed by atoms with Crippen LogP contribution in [0.2, 0.25) is 0 Å². The molecule has 1 aliphatic rings. The van der Waals surface area contributed by atoms with Gasteiger partial charge in [0.05, 0.1) is 0 Å². The van der Waals surface area contributed by atoms with Gasteiger partial charge in [-0.15, -0.1) is 24.0 Å². The molecule has 2 rings (SSSR count). The fourth-order valence-corrected chi connectivity index (χ4v) is 2.97. The monoisotopic (exact) mass is 502 g/mol. The summed E-state index contributed by atoms with van der Waals surface area (Å²) in [6.07, 6.45) is 2.08. The van der Waals surface area contributed by atoms with Crippen molar-refractivity contribution in [1.82, 2.24) is 20.9 Å². The Morgan fingerprint density at radius 2 is 1.86 bits per heavy atom. The first-order valence-corrected chi connectivity index (χ1v) is 9.73. The van der Waals surface area contributed by atoms with E-state index in [9.17, 15) is 4.79 Å². The molecule has 0 aliphatic carbocycles. The Hall–Kier alpha value is -1.58. The first kappa shape index (κ1) is 24.5. The van der Waals surface area contributed by atoms with Gasteiger partial charge in [0.1, 0.15) is 5.82 Å². The fraction of sp³-hybridized carbons (Fsp3) is 0.650. The third kappa shape index (κ3) is 7.81. The lowest BCUT2D eigenvalue weighted by Gasteiger charge is -2.34. The van der Waals surface area contributed by atoms with E-state index in [1.165, 1.54) is 0 Å². The third-order valence-electron chi connectivity index (χ3n) is 4.64. The number of carbonyl (C=O) groups is 1. The summed E-state index contributed by atoms with van der Waals surface area (Å²) in [5, 5.41) is 9.69.